The lowest BCUT2D eigenvalue weighted by Crippen LogP contribution is -2.38. The first kappa shape index (κ1) is 23.5. The van der Waals surface area contributed by atoms with Crippen molar-refractivity contribution < 1.29 is 13.9 Å². The lowest BCUT2D eigenvalue weighted by Gasteiger charge is -2.29. The molecule has 0 atom stereocenters. The van der Waals surface area contributed by atoms with Gasteiger partial charge in [-0.05, 0) is 48.7 Å². The zero-order valence-corrected chi connectivity index (χ0v) is 18.8. The number of hydrogen-bond acceptors (Lipinski definition) is 4. The van der Waals surface area contributed by atoms with Gasteiger partial charge in [0.1, 0.15) is 5.82 Å². The summed E-state index contributed by atoms with van der Waals surface area (Å²) in [5, 5.41) is 9.16. The minimum Gasteiger partial charge on any atom is -0.378 e. The highest BCUT2D eigenvalue weighted by atomic mass is 19.1. The summed E-state index contributed by atoms with van der Waals surface area (Å²) in [6.07, 6.45) is 0.748. The second kappa shape index (κ2) is 12.0. The molecule has 0 saturated carbocycles. The highest BCUT2D eigenvalue weighted by Gasteiger charge is 2.15. The van der Waals surface area contributed by atoms with E-state index in [0.717, 1.165) is 24.1 Å². The molecule has 1 aliphatic rings. The third-order valence-corrected chi connectivity index (χ3v) is 5.25. The molecule has 7 nitrogen and oxygen atoms in total. The Labute approximate surface area is 189 Å². The molecule has 2 aromatic carbocycles. The van der Waals surface area contributed by atoms with Gasteiger partial charge >= 0.3 is 0 Å². The van der Waals surface area contributed by atoms with E-state index < -0.39 is 0 Å². The first-order valence-corrected chi connectivity index (χ1v) is 11.0. The fraction of sp³-hybridized carbons (Fsp3) is 0.417. The standard InChI is InChI=1S/C24H32FN5O2/c1-3-27-24(28-10-9-18-5-4-6-20(15-18)23(31)26-2)29-17-19-7-8-22(21(25)16-19)30-11-13-32-14-12-30/h4-8,15-16H,3,9-14,17H2,1-2H3,(H,26,31)(H2,27,28,29). The number of halogens is 1. The van der Waals surface area contributed by atoms with Crippen LogP contribution in [0, 0.1) is 5.82 Å². The minimum absolute atomic E-state index is 0.0958. The van der Waals surface area contributed by atoms with Crippen LogP contribution in [0.25, 0.3) is 0 Å². The molecule has 1 heterocycles. The van der Waals surface area contributed by atoms with Crippen LogP contribution in [0.1, 0.15) is 28.4 Å². The molecule has 172 valence electrons. The zero-order valence-electron chi connectivity index (χ0n) is 18.8. The summed E-state index contributed by atoms with van der Waals surface area (Å²) in [7, 11) is 1.62. The summed E-state index contributed by atoms with van der Waals surface area (Å²) in [4.78, 5) is 18.4. The molecule has 8 heteroatoms. The van der Waals surface area contributed by atoms with Crippen molar-refractivity contribution in [3.63, 3.8) is 0 Å². The van der Waals surface area contributed by atoms with Crippen LogP contribution in [0.2, 0.25) is 0 Å². The molecule has 1 saturated heterocycles. The molecule has 32 heavy (non-hydrogen) atoms. The molecule has 1 amide bonds. The SMILES string of the molecule is CCNC(=NCc1ccc(N2CCOCC2)c(F)c1)NCCc1cccc(C(=O)NC)c1. The molecule has 0 bridgehead atoms. The first-order valence-electron chi connectivity index (χ1n) is 11.0. The van der Waals surface area contributed by atoms with Crippen LogP contribution in [0.4, 0.5) is 10.1 Å². The van der Waals surface area contributed by atoms with Crippen LogP contribution in [0.3, 0.4) is 0 Å². The fourth-order valence-electron chi connectivity index (χ4n) is 3.56. The van der Waals surface area contributed by atoms with Crippen LogP contribution in [0.15, 0.2) is 47.5 Å². The van der Waals surface area contributed by atoms with Crippen molar-refractivity contribution in [2.75, 3.05) is 51.3 Å². The number of ether oxygens (including phenoxy) is 1. The Hall–Kier alpha value is -3.13. The van der Waals surface area contributed by atoms with Gasteiger partial charge in [0.15, 0.2) is 5.96 Å². The molecule has 1 fully saturated rings. The number of anilines is 1. The minimum atomic E-state index is -0.228. The number of carbonyl (C=O) groups is 1. The Kier molecular flexibility index (Phi) is 8.86. The molecule has 0 unspecified atom stereocenters. The number of nitrogens with one attached hydrogen (secondary N) is 3. The van der Waals surface area contributed by atoms with Crippen molar-refractivity contribution in [1.82, 2.24) is 16.0 Å². The van der Waals surface area contributed by atoms with E-state index >= 15 is 0 Å². The molecule has 2 aromatic rings. The highest BCUT2D eigenvalue weighted by molar-refractivity contribution is 5.94. The van der Waals surface area contributed by atoms with E-state index in [4.69, 9.17) is 4.74 Å². The highest BCUT2D eigenvalue weighted by Crippen LogP contribution is 2.22. The van der Waals surface area contributed by atoms with Gasteiger partial charge in [-0.15, -0.1) is 0 Å². The Morgan fingerprint density at radius 2 is 1.94 bits per heavy atom. The van der Waals surface area contributed by atoms with Gasteiger partial charge in [0.25, 0.3) is 5.91 Å². The van der Waals surface area contributed by atoms with E-state index in [-0.39, 0.29) is 11.7 Å². The molecular formula is C24H32FN5O2. The molecule has 3 rings (SSSR count). The van der Waals surface area contributed by atoms with Crippen LogP contribution in [-0.4, -0.2) is 58.3 Å². The summed E-state index contributed by atoms with van der Waals surface area (Å²) in [6, 6.07) is 12.9. The van der Waals surface area contributed by atoms with Crippen molar-refractivity contribution in [1.29, 1.82) is 0 Å². The molecule has 1 aliphatic heterocycles. The Morgan fingerprint density at radius 1 is 1.12 bits per heavy atom. The predicted molar refractivity (Wildman–Crippen MR) is 126 cm³/mol. The molecule has 0 spiro atoms. The summed E-state index contributed by atoms with van der Waals surface area (Å²) >= 11 is 0. The van der Waals surface area contributed by atoms with Gasteiger partial charge in [0, 0.05) is 38.8 Å². The van der Waals surface area contributed by atoms with E-state index in [1.54, 1.807) is 19.2 Å². The monoisotopic (exact) mass is 441 g/mol. The largest absolute Gasteiger partial charge is 0.378 e. The third kappa shape index (κ3) is 6.68. The van der Waals surface area contributed by atoms with E-state index in [2.05, 4.69) is 20.9 Å². The number of aliphatic imine (C=N–C) groups is 1. The van der Waals surface area contributed by atoms with E-state index in [9.17, 15) is 9.18 Å². The molecular weight excluding hydrogens is 409 g/mol. The number of hydrogen-bond donors (Lipinski definition) is 3. The van der Waals surface area contributed by atoms with E-state index in [0.29, 0.717) is 56.6 Å². The number of benzene rings is 2. The predicted octanol–water partition coefficient (Wildman–Crippen LogP) is 2.32. The van der Waals surface area contributed by atoms with Crippen molar-refractivity contribution >= 4 is 17.6 Å². The summed E-state index contributed by atoms with van der Waals surface area (Å²) < 4.78 is 20.0. The average Bonchev–Trinajstić information content (AvgIpc) is 2.83. The number of amides is 1. The number of morpholine rings is 1. The molecule has 0 radical (unpaired) electrons. The molecule has 0 aliphatic carbocycles. The smallest absolute Gasteiger partial charge is 0.251 e. The summed E-state index contributed by atoms with van der Waals surface area (Å²) in [5.74, 6) is 0.350. The average molecular weight is 442 g/mol. The lowest BCUT2D eigenvalue weighted by atomic mass is 10.1. The summed E-state index contributed by atoms with van der Waals surface area (Å²) in [5.41, 5.74) is 3.14. The van der Waals surface area contributed by atoms with Crippen LogP contribution >= 0.6 is 0 Å². The fourth-order valence-corrected chi connectivity index (χ4v) is 3.56. The van der Waals surface area contributed by atoms with Crippen molar-refractivity contribution in [2.24, 2.45) is 4.99 Å². The van der Waals surface area contributed by atoms with Gasteiger partial charge in [-0.3, -0.25) is 4.79 Å². The maximum Gasteiger partial charge on any atom is 0.251 e. The number of carbonyl (C=O) groups excluding carboxylic acids is 1. The Balaban J connectivity index is 1.56. The van der Waals surface area contributed by atoms with E-state index in [1.165, 1.54) is 0 Å². The summed E-state index contributed by atoms with van der Waals surface area (Å²) in [6.45, 7) is 6.42. The topological polar surface area (TPSA) is 78.0 Å². The van der Waals surface area contributed by atoms with Crippen molar-refractivity contribution in [3.05, 3.63) is 65.0 Å². The number of nitrogens with zero attached hydrogens (tertiary/aromatic N) is 2. The third-order valence-electron chi connectivity index (χ3n) is 5.25. The quantitative estimate of drug-likeness (QED) is 0.433. The maximum absolute atomic E-state index is 14.6. The number of rotatable bonds is 8. The maximum atomic E-state index is 14.6. The second-order valence-electron chi connectivity index (χ2n) is 7.54. The van der Waals surface area contributed by atoms with Crippen LogP contribution in [-0.2, 0) is 17.7 Å². The molecule has 0 aromatic heterocycles. The van der Waals surface area contributed by atoms with Gasteiger partial charge < -0.3 is 25.6 Å². The second-order valence-corrected chi connectivity index (χ2v) is 7.54. The first-order chi connectivity index (χ1) is 15.6. The zero-order chi connectivity index (χ0) is 22.8. The van der Waals surface area contributed by atoms with E-state index in [1.807, 2.05) is 42.2 Å². The lowest BCUT2D eigenvalue weighted by molar-refractivity contribution is 0.0963. The Morgan fingerprint density at radius 3 is 2.66 bits per heavy atom. The van der Waals surface area contributed by atoms with Gasteiger partial charge in [0.2, 0.25) is 0 Å². The normalized spacial score (nSPS) is 14.2. The van der Waals surface area contributed by atoms with Crippen molar-refractivity contribution in [2.45, 2.75) is 19.9 Å². The van der Waals surface area contributed by atoms with Crippen LogP contribution in [0.5, 0.6) is 0 Å². The van der Waals surface area contributed by atoms with Crippen LogP contribution < -0.4 is 20.9 Å². The molecule has 3 N–H and O–H groups in total. The Bertz CT molecular complexity index is 928. The van der Waals surface area contributed by atoms with Gasteiger partial charge in [-0.2, -0.15) is 0 Å². The van der Waals surface area contributed by atoms with Gasteiger partial charge in [-0.25, -0.2) is 9.38 Å². The van der Waals surface area contributed by atoms with Gasteiger partial charge in [-0.1, -0.05) is 18.2 Å². The van der Waals surface area contributed by atoms with Gasteiger partial charge in [0.05, 0.1) is 25.4 Å². The van der Waals surface area contributed by atoms with Crippen molar-refractivity contribution in [3.8, 4) is 0 Å². The number of guanidine groups is 1.